The number of rotatable bonds is 12. The van der Waals surface area contributed by atoms with Crippen LogP contribution >= 0.6 is 11.6 Å². The molecular weight excluding hydrogens is 448 g/mol. The molecule has 0 spiro atoms. The number of amides is 1. The Balaban J connectivity index is 1.49. The number of aryl methyl sites for hydroxylation is 1. The summed E-state index contributed by atoms with van der Waals surface area (Å²) in [6.07, 6.45) is 0.671. The fraction of sp³-hybridized carbons (Fsp3) is 0.458. The van der Waals surface area contributed by atoms with Gasteiger partial charge in [0.1, 0.15) is 36.6 Å². The molecule has 1 aliphatic rings. The van der Waals surface area contributed by atoms with Gasteiger partial charge in [-0.2, -0.15) is 5.06 Å². The van der Waals surface area contributed by atoms with Crippen molar-refractivity contribution in [1.29, 1.82) is 0 Å². The van der Waals surface area contributed by atoms with Crippen molar-refractivity contribution < 1.29 is 28.6 Å². The van der Waals surface area contributed by atoms with E-state index in [1.54, 1.807) is 38.4 Å². The summed E-state index contributed by atoms with van der Waals surface area (Å²) in [7, 11) is 3.22. The lowest BCUT2D eigenvalue weighted by Gasteiger charge is -2.17. The molecule has 1 saturated heterocycles. The highest BCUT2D eigenvalue weighted by Crippen LogP contribution is 2.29. The van der Waals surface area contributed by atoms with Crippen molar-refractivity contribution in [2.45, 2.75) is 19.4 Å². The van der Waals surface area contributed by atoms with Gasteiger partial charge in [0.05, 0.1) is 25.3 Å². The maximum atomic E-state index is 12.3. The minimum Gasteiger partial charge on any atom is -0.493 e. The molecule has 1 unspecified atom stereocenters. The van der Waals surface area contributed by atoms with Crippen molar-refractivity contribution >= 4 is 17.5 Å². The van der Waals surface area contributed by atoms with Crippen LogP contribution in [0.2, 0.25) is 5.02 Å². The SMILES string of the molecule is CNC(=O)c1cc(C)c(OCCOC)cc1OCCCN1CC(Oc2ccc(Cl)cc2)CO1. The first-order chi connectivity index (χ1) is 16.0. The number of carbonyl (C=O) groups excluding carboxylic acids is 1. The Morgan fingerprint density at radius 2 is 1.91 bits per heavy atom. The lowest BCUT2D eigenvalue weighted by molar-refractivity contribution is -0.111. The minimum absolute atomic E-state index is 0.0455. The Kier molecular flexibility index (Phi) is 9.62. The molecule has 1 atom stereocenters. The maximum Gasteiger partial charge on any atom is 0.254 e. The van der Waals surface area contributed by atoms with E-state index in [-0.39, 0.29) is 12.0 Å². The standard InChI is InChI=1S/C24H31ClN2O6/c1-17-13-21(24(28)26-2)23(14-22(17)31-12-11-29-3)30-10-4-9-27-15-20(16-32-27)33-19-7-5-18(25)6-8-19/h5-8,13-14,20H,4,9-12,15-16H2,1-3H3,(H,26,28). The number of hydrogen-bond donors (Lipinski definition) is 1. The van der Waals surface area contributed by atoms with Gasteiger partial charge in [0, 0.05) is 31.8 Å². The van der Waals surface area contributed by atoms with E-state index in [0.717, 1.165) is 11.3 Å². The third-order valence-electron chi connectivity index (χ3n) is 5.07. The number of nitrogens with one attached hydrogen (secondary N) is 1. The Hall–Kier alpha value is -2.52. The zero-order valence-corrected chi connectivity index (χ0v) is 20.0. The summed E-state index contributed by atoms with van der Waals surface area (Å²) >= 11 is 5.91. The molecule has 0 saturated carbocycles. The number of benzene rings is 2. The lowest BCUT2D eigenvalue weighted by atomic mass is 10.1. The summed E-state index contributed by atoms with van der Waals surface area (Å²) in [6, 6.07) is 10.8. The number of carbonyl (C=O) groups is 1. The van der Waals surface area contributed by atoms with Gasteiger partial charge >= 0.3 is 0 Å². The molecule has 1 amide bonds. The zero-order valence-electron chi connectivity index (χ0n) is 19.3. The quantitative estimate of drug-likeness (QED) is 0.468. The minimum atomic E-state index is -0.207. The third kappa shape index (κ3) is 7.50. The summed E-state index contributed by atoms with van der Waals surface area (Å²) < 4.78 is 22.7. The van der Waals surface area contributed by atoms with E-state index in [2.05, 4.69) is 5.32 Å². The van der Waals surface area contributed by atoms with Gasteiger partial charge in [0.25, 0.3) is 5.91 Å². The number of methoxy groups -OCH3 is 1. The van der Waals surface area contributed by atoms with E-state index >= 15 is 0 Å². The normalized spacial score (nSPS) is 15.9. The fourth-order valence-electron chi connectivity index (χ4n) is 3.37. The van der Waals surface area contributed by atoms with Gasteiger partial charge in [-0.05, 0) is 49.2 Å². The Morgan fingerprint density at radius 3 is 2.64 bits per heavy atom. The van der Waals surface area contributed by atoms with E-state index in [1.165, 1.54) is 0 Å². The number of hydroxylamine groups is 2. The molecule has 0 aromatic heterocycles. The van der Waals surface area contributed by atoms with Gasteiger partial charge in [-0.15, -0.1) is 0 Å². The van der Waals surface area contributed by atoms with Gasteiger partial charge in [-0.25, -0.2) is 0 Å². The van der Waals surface area contributed by atoms with Gasteiger partial charge in [-0.3, -0.25) is 9.63 Å². The van der Waals surface area contributed by atoms with Crippen LogP contribution in [0.3, 0.4) is 0 Å². The maximum absolute atomic E-state index is 12.3. The molecule has 180 valence electrons. The summed E-state index contributed by atoms with van der Waals surface area (Å²) in [5.41, 5.74) is 1.33. The van der Waals surface area contributed by atoms with Crippen LogP contribution in [-0.2, 0) is 9.57 Å². The third-order valence-corrected chi connectivity index (χ3v) is 5.32. The molecule has 0 radical (unpaired) electrons. The van der Waals surface area contributed by atoms with Crippen LogP contribution in [0, 0.1) is 6.92 Å². The van der Waals surface area contributed by atoms with Crippen LogP contribution in [0.4, 0.5) is 0 Å². The van der Waals surface area contributed by atoms with Gasteiger partial charge in [-0.1, -0.05) is 11.6 Å². The average Bonchev–Trinajstić information content (AvgIpc) is 3.26. The molecule has 3 rings (SSSR count). The summed E-state index contributed by atoms with van der Waals surface area (Å²) in [5.74, 6) is 1.71. The highest BCUT2D eigenvalue weighted by atomic mass is 35.5. The lowest BCUT2D eigenvalue weighted by Crippen LogP contribution is -2.26. The van der Waals surface area contributed by atoms with Crippen molar-refractivity contribution in [2.75, 3.05) is 53.7 Å². The molecule has 1 N–H and O–H groups in total. The van der Waals surface area contributed by atoms with Crippen LogP contribution in [0.5, 0.6) is 17.2 Å². The molecule has 1 heterocycles. The van der Waals surface area contributed by atoms with E-state index in [9.17, 15) is 4.79 Å². The zero-order chi connectivity index (χ0) is 23.6. The molecule has 8 nitrogen and oxygen atoms in total. The predicted octanol–water partition coefficient (Wildman–Crippen LogP) is 3.50. The summed E-state index contributed by atoms with van der Waals surface area (Å²) in [4.78, 5) is 18.0. The highest BCUT2D eigenvalue weighted by molar-refractivity contribution is 6.30. The predicted molar refractivity (Wildman–Crippen MR) is 125 cm³/mol. The van der Waals surface area contributed by atoms with Crippen molar-refractivity contribution in [3.63, 3.8) is 0 Å². The first-order valence-corrected chi connectivity index (χ1v) is 11.3. The van der Waals surface area contributed by atoms with E-state index < -0.39 is 0 Å². The van der Waals surface area contributed by atoms with Gasteiger partial charge in [0.2, 0.25) is 0 Å². The van der Waals surface area contributed by atoms with Crippen molar-refractivity contribution in [1.82, 2.24) is 10.4 Å². The Bertz CT molecular complexity index is 909. The number of halogens is 1. The Labute approximate surface area is 199 Å². The first kappa shape index (κ1) is 25.1. The molecular formula is C24H31ClN2O6. The van der Waals surface area contributed by atoms with Gasteiger partial charge < -0.3 is 24.3 Å². The average molecular weight is 479 g/mol. The highest BCUT2D eigenvalue weighted by Gasteiger charge is 2.25. The van der Waals surface area contributed by atoms with Crippen LogP contribution in [0.25, 0.3) is 0 Å². The van der Waals surface area contributed by atoms with E-state index in [4.69, 9.17) is 35.4 Å². The van der Waals surface area contributed by atoms with Crippen LogP contribution in [0.15, 0.2) is 36.4 Å². The van der Waals surface area contributed by atoms with Crippen LogP contribution < -0.4 is 19.5 Å². The van der Waals surface area contributed by atoms with Crippen LogP contribution in [-0.4, -0.2) is 70.7 Å². The fourth-order valence-corrected chi connectivity index (χ4v) is 3.49. The number of ether oxygens (including phenoxy) is 4. The second kappa shape index (κ2) is 12.6. The van der Waals surface area contributed by atoms with E-state index in [1.807, 2.05) is 24.1 Å². The van der Waals surface area contributed by atoms with Gasteiger partial charge in [0.15, 0.2) is 0 Å². The summed E-state index contributed by atoms with van der Waals surface area (Å²) in [5, 5.41) is 5.20. The molecule has 1 aliphatic heterocycles. The first-order valence-electron chi connectivity index (χ1n) is 10.9. The number of nitrogens with zero attached hydrogens (tertiary/aromatic N) is 1. The molecule has 0 bridgehead atoms. The van der Waals surface area contributed by atoms with E-state index in [0.29, 0.717) is 68.0 Å². The monoisotopic (exact) mass is 478 g/mol. The molecule has 2 aromatic carbocycles. The molecule has 1 fully saturated rings. The number of hydrogen-bond acceptors (Lipinski definition) is 7. The topological polar surface area (TPSA) is 78.5 Å². The second-order valence-electron chi connectivity index (χ2n) is 7.61. The smallest absolute Gasteiger partial charge is 0.254 e. The summed E-state index contributed by atoms with van der Waals surface area (Å²) in [6.45, 7) is 5.04. The molecule has 9 heteroatoms. The second-order valence-corrected chi connectivity index (χ2v) is 8.05. The van der Waals surface area contributed by atoms with Crippen molar-refractivity contribution in [3.05, 3.63) is 52.5 Å². The largest absolute Gasteiger partial charge is 0.493 e. The Morgan fingerprint density at radius 1 is 1.15 bits per heavy atom. The van der Waals surface area contributed by atoms with Crippen molar-refractivity contribution in [3.8, 4) is 17.2 Å². The molecule has 33 heavy (non-hydrogen) atoms. The molecule has 2 aromatic rings. The molecule has 0 aliphatic carbocycles. The van der Waals surface area contributed by atoms with Crippen LogP contribution in [0.1, 0.15) is 22.3 Å². The van der Waals surface area contributed by atoms with Crippen molar-refractivity contribution in [2.24, 2.45) is 0 Å².